The lowest BCUT2D eigenvalue weighted by Gasteiger charge is -2.08. The van der Waals surface area contributed by atoms with Gasteiger partial charge in [-0.3, -0.25) is 0 Å². The summed E-state index contributed by atoms with van der Waals surface area (Å²) in [6.45, 7) is 3.10. The first-order chi connectivity index (χ1) is 8.88. The third-order valence-electron chi connectivity index (χ3n) is 3.72. The summed E-state index contributed by atoms with van der Waals surface area (Å²) in [4.78, 5) is 4.57. The van der Waals surface area contributed by atoms with Gasteiger partial charge in [0.25, 0.3) is 6.33 Å². The Labute approximate surface area is 105 Å². The largest absolute Gasteiger partial charge is 0.287 e. The van der Waals surface area contributed by atoms with Gasteiger partial charge in [0.1, 0.15) is 5.52 Å². The first kappa shape index (κ1) is 9.77. The molecule has 0 bridgehead atoms. The molecule has 0 N–H and O–H groups in total. The Balaban J connectivity index is 2.40. The highest BCUT2D eigenvalue weighted by molar-refractivity contribution is 6.20. The van der Waals surface area contributed by atoms with E-state index in [0.717, 1.165) is 12.1 Å². The molecule has 0 saturated heterocycles. The molecule has 0 spiro atoms. The summed E-state index contributed by atoms with van der Waals surface area (Å²) in [7, 11) is 0. The maximum Gasteiger partial charge on any atom is 0.287 e. The van der Waals surface area contributed by atoms with Crippen LogP contribution in [-0.2, 0) is 6.54 Å². The highest BCUT2D eigenvalue weighted by Crippen LogP contribution is 2.31. The first-order valence-electron chi connectivity index (χ1n) is 6.30. The third-order valence-corrected chi connectivity index (χ3v) is 3.72. The zero-order valence-corrected chi connectivity index (χ0v) is 10.2. The van der Waals surface area contributed by atoms with Crippen molar-refractivity contribution < 1.29 is 4.57 Å². The summed E-state index contributed by atoms with van der Waals surface area (Å²) in [5.74, 6) is 0. The maximum absolute atomic E-state index is 4.57. The molecule has 1 heterocycles. The van der Waals surface area contributed by atoms with Gasteiger partial charge in [-0.2, -0.15) is 0 Å². The highest BCUT2D eigenvalue weighted by Gasteiger charge is 2.15. The van der Waals surface area contributed by atoms with Gasteiger partial charge in [-0.05, 0) is 40.9 Å². The van der Waals surface area contributed by atoms with E-state index in [4.69, 9.17) is 0 Å². The average Bonchev–Trinajstić information content (AvgIpc) is 2.44. The number of nitrogens with zero attached hydrogens (tertiary/aromatic N) is 2. The zero-order valence-electron chi connectivity index (χ0n) is 10.2. The van der Waals surface area contributed by atoms with E-state index in [-0.39, 0.29) is 0 Å². The van der Waals surface area contributed by atoms with Gasteiger partial charge in [-0.1, -0.05) is 24.3 Å². The van der Waals surface area contributed by atoms with Crippen molar-refractivity contribution in [1.82, 2.24) is 4.98 Å². The van der Waals surface area contributed by atoms with Crippen LogP contribution in [0, 0.1) is 0 Å². The lowest BCUT2D eigenvalue weighted by Crippen LogP contribution is -2.33. The molecule has 0 aliphatic heterocycles. The standard InChI is InChI=1S/C16H13N2/c1-2-18-10-17-13-8-6-11-4-3-5-12-7-9-14(18)16(13)15(11)12/h3-10H,2H2,1H3/q+1. The molecule has 0 amide bonds. The second-order valence-corrected chi connectivity index (χ2v) is 4.65. The number of aryl methyl sites for hydroxylation is 1. The topological polar surface area (TPSA) is 16.8 Å². The van der Waals surface area contributed by atoms with Crippen LogP contribution in [-0.4, -0.2) is 4.98 Å². The van der Waals surface area contributed by atoms with Gasteiger partial charge in [-0.25, -0.2) is 4.57 Å². The minimum atomic E-state index is 0.946. The van der Waals surface area contributed by atoms with Gasteiger partial charge in [0.2, 0.25) is 0 Å². The molecule has 1 aromatic heterocycles. The van der Waals surface area contributed by atoms with Gasteiger partial charge in [0, 0.05) is 5.39 Å². The van der Waals surface area contributed by atoms with Crippen LogP contribution in [0.1, 0.15) is 6.92 Å². The van der Waals surface area contributed by atoms with Crippen LogP contribution in [0.4, 0.5) is 0 Å². The monoisotopic (exact) mass is 233 g/mol. The Morgan fingerprint density at radius 3 is 2.50 bits per heavy atom. The van der Waals surface area contributed by atoms with Crippen LogP contribution in [0.5, 0.6) is 0 Å². The van der Waals surface area contributed by atoms with E-state index in [2.05, 4.69) is 58.9 Å². The lowest BCUT2D eigenvalue weighted by atomic mass is 9.99. The Kier molecular flexibility index (Phi) is 1.84. The van der Waals surface area contributed by atoms with Crippen molar-refractivity contribution in [3.63, 3.8) is 0 Å². The number of rotatable bonds is 1. The van der Waals surface area contributed by atoms with Crippen molar-refractivity contribution >= 4 is 32.6 Å². The first-order valence-corrected chi connectivity index (χ1v) is 6.30. The predicted molar refractivity (Wildman–Crippen MR) is 73.8 cm³/mol. The summed E-state index contributed by atoms with van der Waals surface area (Å²) in [5, 5.41) is 5.21. The quantitative estimate of drug-likeness (QED) is 0.364. The zero-order chi connectivity index (χ0) is 12.1. The Morgan fingerprint density at radius 2 is 1.72 bits per heavy atom. The number of benzene rings is 3. The van der Waals surface area contributed by atoms with E-state index < -0.39 is 0 Å². The van der Waals surface area contributed by atoms with Crippen LogP contribution in [0.3, 0.4) is 0 Å². The molecule has 0 atom stereocenters. The number of hydrogen-bond acceptors (Lipinski definition) is 1. The van der Waals surface area contributed by atoms with Crippen molar-refractivity contribution in [2.45, 2.75) is 13.5 Å². The SMILES string of the molecule is CC[n+]1cnc2ccc3cccc4ccc1c2c34. The summed E-state index contributed by atoms with van der Waals surface area (Å²) in [6.07, 6.45) is 1.93. The minimum absolute atomic E-state index is 0.946. The van der Waals surface area contributed by atoms with E-state index in [0.29, 0.717) is 0 Å². The molecule has 18 heavy (non-hydrogen) atoms. The molecule has 0 saturated carbocycles. The Morgan fingerprint density at radius 1 is 0.944 bits per heavy atom. The van der Waals surface area contributed by atoms with Crippen molar-refractivity contribution in [3.05, 3.63) is 48.8 Å². The molecule has 4 rings (SSSR count). The molecule has 0 aliphatic carbocycles. The van der Waals surface area contributed by atoms with Gasteiger partial charge in [0.15, 0.2) is 5.52 Å². The maximum atomic E-state index is 4.57. The van der Waals surface area contributed by atoms with Gasteiger partial charge in [-0.15, -0.1) is 0 Å². The number of aromatic nitrogens is 2. The Hall–Kier alpha value is -2.22. The molecule has 2 nitrogen and oxygen atoms in total. The van der Waals surface area contributed by atoms with E-state index in [1.165, 1.54) is 27.1 Å². The summed E-state index contributed by atoms with van der Waals surface area (Å²) in [6, 6.07) is 15.1. The fourth-order valence-corrected chi connectivity index (χ4v) is 2.84. The van der Waals surface area contributed by atoms with Crippen molar-refractivity contribution in [1.29, 1.82) is 0 Å². The molecule has 0 fully saturated rings. The molecule has 0 aliphatic rings. The van der Waals surface area contributed by atoms with Gasteiger partial charge in [0.05, 0.1) is 11.9 Å². The molecule has 4 aromatic rings. The van der Waals surface area contributed by atoms with Crippen LogP contribution >= 0.6 is 0 Å². The molecule has 0 radical (unpaired) electrons. The summed E-state index contributed by atoms with van der Waals surface area (Å²) in [5.41, 5.74) is 2.35. The van der Waals surface area contributed by atoms with Gasteiger partial charge < -0.3 is 0 Å². The highest BCUT2D eigenvalue weighted by atomic mass is 15.0. The summed E-state index contributed by atoms with van der Waals surface area (Å²) < 4.78 is 2.20. The smallest absolute Gasteiger partial charge is 0.230 e. The van der Waals surface area contributed by atoms with Gasteiger partial charge >= 0.3 is 0 Å². The fraction of sp³-hybridized carbons (Fsp3) is 0.125. The second kappa shape index (κ2) is 3.39. The molecular formula is C16H13N2+. The molecule has 2 heteroatoms. The predicted octanol–water partition coefficient (Wildman–Crippen LogP) is 3.29. The van der Waals surface area contributed by atoms with Crippen LogP contribution in [0.25, 0.3) is 32.6 Å². The molecule has 0 unspecified atom stereocenters. The second-order valence-electron chi connectivity index (χ2n) is 4.65. The lowest BCUT2D eigenvalue weighted by molar-refractivity contribution is -0.670. The Bertz CT molecular complexity index is 849. The van der Waals surface area contributed by atoms with Crippen LogP contribution in [0.15, 0.2) is 48.8 Å². The average molecular weight is 233 g/mol. The van der Waals surface area contributed by atoms with E-state index in [1.54, 1.807) is 0 Å². The van der Waals surface area contributed by atoms with E-state index >= 15 is 0 Å². The fourth-order valence-electron chi connectivity index (χ4n) is 2.84. The van der Waals surface area contributed by atoms with Crippen molar-refractivity contribution in [3.8, 4) is 0 Å². The van der Waals surface area contributed by atoms with Crippen molar-refractivity contribution in [2.75, 3.05) is 0 Å². The van der Waals surface area contributed by atoms with E-state index in [9.17, 15) is 0 Å². The minimum Gasteiger partial charge on any atom is -0.230 e. The van der Waals surface area contributed by atoms with Crippen LogP contribution in [0.2, 0.25) is 0 Å². The van der Waals surface area contributed by atoms with E-state index in [1.807, 2.05) is 6.33 Å². The normalized spacial score (nSPS) is 11.8. The number of hydrogen-bond donors (Lipinski definition) is 0. The summed E-state index contributed by atoms with van der Waals surface area (Å²) >= 11 is 0. The van der Waals surface area contributed by atoms with Crippen LogP contribution < -0.4 is 4.57 Å². The molecule has 3 aromatic carbocycles. The molecule has 86 valence electrons. The van der Waals surface area contributed by atoms with Crippen molar-refractivity contribution in [2.24, 2.45) is 0 Å². The molecular weight excluding hydrogens is 220 g/mol. The third kappa shape index (κ3) is 1.12.